The third-order valence-corrected chi connectivity index (χ3v) is 2.64. The van der Waals surface area contributed by atoms with Crippen molar-refractivity contribution in [2.24, 2.45) is 0 Å². The van der Waals surface area contributed by atoms with Gasteiger partial charge >= 0.3 is 0 Å². The quantitative estimate of drug-likeness (QED) is 0.640. The van der Waals surface area contributed by atoms with Crippen LogP contribution in [-0.4, -0.2) is 38.4 Å². The minimum Gasteiger partial charge on any atom is -0.399 e. The maximum atomic E-state index is 11.9. The number of anilines is 2. The van der Waals surface area contributed by atoms with E-state index in [-0.39, 0.29) is 18.1 Å². The zero-order valence-corrected chi connectivity index (χ0v) is 12.7. The van der Waals surface area contributed by atoms with Crippen molar-refractivity contribution in [2.75, 3.05) is 37.5 Å². The van der Waals surface area contributed by atoms with Crippen LogP contribution in [0.15, 0.2) is 24.3 Å². The predicted octanol–water partition coefficient (Wildman–Crippen LogP) is 2.06. The fraction of sp³-hybridized carbons (Fsp3) is 0.533. The first-order valence-electron chi connectivity index (χ1n) is 6.63. The van der Waals surface area contributed by atoms with Gasteiger partial charge in [0.05, 0.1) is 18.8 Å². The minimum absolute atomic E-state index is 0.0361. The summed E-state index contributed by atoms with van der Waals surface area (Å²) in [7, 11) is 1.71. The van der Waals surface area contributed by atoms with Crippen LogP contribution in [0.4, 0.5) is 11.4 Å². The maximum Gasteiger partial charge on any atom is 0.252 e. The number of nitrogen functional groups attached to an aromatic ring is 1. The van der Waals surface area contributed by atoms with Gasteiger partial charge in [-0.3, -0.25) is 4.79 Å². The molecule has 112 valence electrons. The van der Waals surface area contributed by atoms with Gasteiger partial charge in [-0.2, -0.15) is 0 Å². The van der Waals surface area contributed by atoms with E-state index in [2.05, 4.69) is 0 Å². The molecule has 0 heterocycles. The molecule has 0 radical (unpaired) electrons. The number of carbonyl (C=O) groups excluding carboxylic acids is 1. The summed E-state index contributed by atoms with van der Waals surface area (Å²) in [6.07, 6.45) is 0. The van der Waals surface area contributed by atoms with Crippen LogP contribution in [0.2, 0.25) is 0 Å². The lowest BCUT2D eigenvalue weighted by Crippen LogP contribution is -2.31. The molecule has 0 unspecified atom stereocenters. The summed E-state index contributed by atoms with van der Waals surface area (Å²) in [6, 6.07) is 7.13. The molecule has 5 nitrogen and oxygen atoms in total. The first kappa shape index (κ1) is 16.5. The number of benzene rings is 1. The van der Waals surface area contributed by atoms with Gasteiger partial charge in [0, 0.05) is 18.4 Å². The van der Waals surface area contributed by atoms with Crippen LogP contribution in [0.1, 0.15) is 20.8 Å². The van der Waals surface area contributed by atoms with Gasteiger partial charge in [-0.1, -0.05) is 0 Å². The molecule has 1 rings (SSSR count). The molecule has 20 heavy (non-hydrogen) atoms. The van der Waals surface area contributed by atoms with E-state index in [1.54, 1.807) is 36.2 Å². The summed E-state index contributed by atoms with van der Waals surface area (Å²) in [5.74, 6) is -0.106. The van der Waals surface area contributed by atoms with E-state index in [9.17, 15) is 4.79 Å². The van der Waals surface area contributed by atoms with E-state index in [0.717, 1.165) is 5.69 Å². The van der Waals surface area contributed by atoms with Crippen molar-refractivity contribution in [3.63, 3.8) is 0 Å². The van der Waals surface area contributed by atoms with E-state index >= 15 is 0 Å². The molecular weight excluding hydrogens is 256 g/mol. The molecule has 0 saturated heterocycles. The Kier molecular flexibility index (Phi) is 5.98. The second kappa shape index (κ2) is 7.26. The number of amides is 1. The lowest BCUT2D eigenvalue weighted by Gasteiger charge is -2.20. The molecule has 2 N–H and O–H groups in total. The third kappa shape index (κ3) is 6.04. The number of hydrogen-bond donors (Lipinski definition) is 1. The number of nitrogens with zero attached hydrogens (tertiary/aromatic N) is 1. The summed E-state index contributed by atoms with van der Waals surface area (Å²) >= 11 is 0. The van der Waals surface area contributed by atoms with Crippen LogP contribution in [-0.2, 0) is 14.3 Å². The number of nitrogens with two attached hydrogens (primary N) is 1. The van der Waals surface area contributed by atoms with Crippen molar-refractivity contribution in [3.8, 4) is 0 Å². The number of rotatable bonds is 6. The Morgan fingerprint density at radius 1 is 1.20 bits per heavy atom. The van der Waals surface area contributed by atoms with Gasteiger partial charge in [-0.05, 0) is 45.0 Å². The second-order valence-corrected chi connectivity index (χ2v) is 5.56. The number of ether oxygens (including phenoxy) is 2. The van der Waals surface area contributed by atoms with Crippen molar-refractivity contribution in [2.45, 2.75) is 26.4 Å². The van der Waals surface area contributed by atoms with Crippen LogP contribution in [0.3, 0.4) is 0 Å². The van der Waals surface area contributed by atoms with E-state index in [1.807, 2.05) is 20.8 Å². The summed E-state index contributed by atoms with van der Waals surface area (Å²) in [6.45, 7) is 6.85. The van der Waals surface area contributed by atoms with E-state index < -0.39 is 0 Å². The number of carbonyl (C=O) groups is 1. The van der Waals surface area contributed by atoms with Gasteiger partial charge in [0.15, 0.2) is 0 Å². The van der Waals surface area contributed by atoms with Crippen molar-refractivity contribution < 1.29 is 14.3 Å². The second-order valence-electron chi connectivity index (χ2n) is 5.56. The van der Waals surface area contributed by atoms with Gasteiger partial charge < -0.3 is 20.1 Å². The first-order valence-corrected chi connectivity index (χ1v) is 6.63. The van der Waals surface area contributed by atoms with Crippen LogP contribution < -0.4 is 10.6 Å². The van der Waals surface area contributed by atoms with Crippen LogP contribution in [0.25, 0.3) is 0 Å². The number of likely N-dealkylation sites (N-methyl/N-ethyl adjacent to an activating group) is 1. The Labute approximate surface area is 120 Å². The average Bonchev–Trinajstić information content (AvgIpc) is 2.37. The van der Waals surface area contributed by atoms with Gasteiger partial charge in [0.2, 0.25) is 0 Å². The summed E-state index contributed by atoms with van der Waals surface area (Å²) < 4.78 is 10.8. The van der Waals surface area contributed by atoms with Gasteiger partial charge in [-0.25, -0.2) is 0 Å². The van der Waals surface area contributed by atoms with Crippen LogP contribution in [0.5, 0.6) is 0 Å². The lowest BCUT2D eigenvalue weighted by atomic mass is 10.2. The highest BCUT2D eigenvalue weighted by Crippen LogP contribution is 2.14. The normalized spacial score (nSPS) is 11.4. The molecule has 0 aliphatic rings. The van der Waals surface area contributed by atoms with E-state index in [1.165, 1.54) is 0 Å². The molecule has 0 aliphatic heterocycles. The summed E-state index contributed by atoms with van der Waals surface area (Å²) in [4.78, 5) is 13.5. The highest BCUT2D eigenvalue weighted by Gasteiger charge is 2.12. The first-order chi connectivity index (χ1) is 9.29. The fourth-order valence-electron chi connectivity index (χ4n) is 1.51. The molecule has 0 saturated carbocycles. The molecule has 1 aromatic rings. The Morgan fingerprint density at radius 3 is 2.35 bits per heavy atom. The Morgan fingerprint density at radius 2 is 1.80 bits per heavy atom. The fourth-order valence-corrected chi connectivity index (χ4v) is 1.51. The monoisotopic (exact) mass is 280 g/mol. The molecule has 0 aromatic heterocycles. The van der Waals surface area contributed by atoms with Crippen LogP contribution in [0, 0.1) is 0 Å². The standard InChI is InChI=1S/C15H24N2O3/c1-15(2,3)20-10-9-19-11-14(18)17(4)13-7-5-12(16)6-8-13/h5-8H,9-11,16H2,1-4H3. The lowest BCUT2D eigenvalue weighted by molar-refractivity contribution is -0.124. The minimum atomic E-state index is -0.186. The summed E-state index contributed by atoms with van der Waals surface area (Å²) in [5.41, 5.74) is 6.89. The molecular formula is C15H24N2O3. The zero-order valence-electron chi connectivity index (χ0n) is 12.7. The average molecular weight is 280 g/mol. The van der Waals surface area contributed by atoms with Gasteiger partial charge in [-0.15, -0.1) is 0 Å². The topological polar surface area (TPSA) is 64.8 Å². The molecule has 0 aliphatic carbocycles. The van der Waals surface area contributed by atoms with Crippen molar-refractivity contribution in [1.29, 1.82) is 0 Å². The van der Waals surface area contributed by atoms with Crippen molar-refractivity contribution in [1.82, 2.24) is 0 Å². The molecule has 0 fully saturated rings. The van der Waals surface area contributed by atoms with Gasteiger partial charge in [0.25, 0.3) is 5.91 Å². The Bertz CT molecular complexity index is 424. The molecule has 1 aromatic carbocycles. The zero-order chi connectivity index (χ0) is 15.2. The van der Waals surface area contributed by atoms with E-state index in [4.69, 9.17) is 15.2 Å². The molecule has 0 atom stereocenters. The molecule has 1 amide bonds. The molecule has 0 bridgehead atoms. The molecule has 0 spiro atoms. The summed E-state index contributed by atoms with van der Waals surface area (Å²) in [5, 5.41) is 0. The smallest absolute Gasteiger partial charge is 0.252 e. The Hall–Kier alpha value is -1.59. The SMILES string of the molecule is CN(C(=O)COCCOC(C)(C)C)c1ccc(N)cc1. The van der Waals surface area contributed by atoms with E-state index in [0.29, 0.717) is 18.9 Å². The molecule has 5 heteroatoms. The highest BCUT2D eigenvalue weighted by atomic mass is 16.5. The Balaban J connectivity index is 2.30. The van der Waals surface area contributed by atoms with Crippen molar-refractivity contribution in [3.05, 3.63) is 24.3 Å². The maximum absolute atomic E-state index is 11.9. The number of hydrogen-bond acceptors (Lipinski definition) is 4. The van der Waals surface area contributed by atoms with Gasteiger partial charge in [0.1, 0.15) is 6.61 Å². The van der Waals surface area contributed by atoms with Crippen LogP contribution >= 0.6 is 0 Å². The van der Waals surface area contributed by atoms with Crippen molar-refractivity contribution >= 4 is 17.3 Å². The third-order valence-electron chi connectivity index (χ3n) is 2.64. The highest BCUT2D eigenvalue weighted by molar-refractivity contribution is 5.93. The predicted molar refractivity (Wildman–Crippen MR) is 80.8 cm³/mol. The largest absolute Gasteiger partial charge is 0.399 e.